The van der Waals surface area contributed by atoms with E-state index in [4.69, 9.17) is 5.73 Å². The number of hydrogen-bond donors (Lipinski definition) is 2. The van der Waals surface area contributed by atoms with E-state index in [-0.39, 0.29) is 11.7 Å². The lowest BCUT2D eigenvalue weighted by Gasteiger charge is -2.36. The number of halogens is 1. The Labute approximate surface area is 111 Å². The van der Waals surface area contributed by atoms with Gasteiger partial charge < -0.3 is 20.6 Å². The maximum atomic E-state index is 13.8. The summed E-state index contributed by atoms with van der Waals surface area (Å²) in [6.45, 7) is 3.49. The number of carbonyl (C=O) groups excluding carboxylic acids is 1. The SMILES string of the molecule is CC(O)C(=O)N1CCN(c2ccc(N)cc2F)CC1. The second kappa shape index (κ2) is 5.44. The highest BCUT2D eigenvalue weighted by Gasteiger charge is 2.24. The fourth-order valence-electron chi connectivity index (χ4n) is 2.21. The van der Waals surface area contributed by atoms with E-state index in [0.717, 1.165) is 0 Å². The minimum absolute atomic E-state index is 0.280. The summed E-state index contributed by atoms with van der Waals surface area (Å²) in [6.07, 6.45) is -0.986. The predicted molar refractivity (Wildman–Crippen MR) is 71.3 cm³/mol. The van der Waals surface area contributed by atoms with E-state index < -0.39 is 6.10 Å². The summed E-state index contributed by atoms with van der Waals surface area (Å²) in [5.74, 6) is -0.632. The molecule has 1 aromatic rings. The average molecular weight is 267 g/mol. The predicted octanol–water partition coefficient (Wildman–Crippen LogP) is 0.437. The maximum Gasteiger partial charge on any atom is 0.251 e. The van der Waals surface area contributed by atoms with Gasteiger partial charge >= 0.3 is 0 Å². The van der Waals surface area contributed by atoms with Gasteiger partial charge in [0.05, 0.1) is 5.69 Å². The molecule has 1 amide bonds. The standard InChI is InChI=1S/C13H18FN3O2/c1-9(18)13(19)17-6-4-16(5-7-17)12-3-2-10(15)8-11(12)14/h2-3,8-9,18H,4-7,15H2,1H3. The van der Waals surface area contributed by atoms with Crippen LogP contribution in [0.5, 0.6) is 0 Å². The first-order chi connectivity index (χ1) is 8.99. The first-order valence-electron chi connectivity index (χ1n) is 6.26. The number of hydrogen-bond acceptors (Lipinski definition) is 4. The van der Waals surface area contributed by atoms with Crippen molar-refractivity contribution in [2.75, 3.05) is 36.8 Å². The van der Waals surface area contributed by atoms with Crippen LogP contribution in [0.3, 0.4) is 0 Å². The Balaban J connectivity index is 2.02. The number of nitrogens with zero attached hydrogens (tertiary/aromatic N) is 2. The van der Waals surface area contributed by atoms with Crippen LogP contribution < -0.4 is 10.6 Å². The summed E-state index contributed by atoms with van der Waals surface area (Å²) in [6, 6.07) is 4.60. The zero-order valence-corrected chi connectivity index (χ0v) is 10.8. The topological polar surface area (TPSA) is 69.8 Å². The molecule has 19 heavy (non-hydrogen) atoms. The van der Waals surface area contributed by atoms with Gasteiger partial charge in [0.2, 0.25) is 0 Å². The van der Waals surface area contributed by atoms with E-state index in [1.165, 1.54) is 13.0 Å². The summed E-state index contributed by atoms with van der Waals surface area (Å²) >= 11 is 0. The van der Waals surface area contributed by atoms with E-state index >= 15 is 0 Å². The number of anilines is 2. The molecule has 1 saturated heterocycles. The zero-order chi connectivity index (χ0) is 14.0. The third-order valence-corrected chi connectivity index (χ3v) is 3.26. The van der Waals surface area contributed by atoms with Gasteiger partial charge in [-0.3, -0.25) is 4.79 Å². The van der Waals surface area contributed by atoms with Crippen LogP contribution in [0.1, 0.15) is 6.92 Å². The number of benzene rings is 1. The summed E-state index contributed by atoms with van der Waals surface area (Å²) in [5.41, 5.74) is 6.40. The monoisotopic (exact) mass is 267 g/mol. The minimum Gasteiger partial charge on any atom is -0.399 e. The molecule has 0 spiro atoms. The van der Waals surface area contributed by atoms with E-state index in [0.29, 0.717) is 37.6 Å². The summed E-state index contributed by atoms with van der Waals surface area (Å²) in [7, 11) is 0. The molecule has 104 valence electrons. The Morgan fingerprint density at radius 1 is 1.37 bits per heavy atom. The lowest BCUT2D eigenvalue weighted by molar-refractivity contribution is -0.139. The molecule has 0 bridgehead atoms. The molecule has 5 nitrogen and oxygen atoms in total. The number of aliphatic hydroxyl groups is 1. The van der Waals surface area contributed by atoms with Crippen molar-refractivity contribution in [2.24, 2.45) is 0 Å². The molecule has 3 N–H and O–H groups in total. The molecule has 0 aromatic heterocycles. The third-order valence-electron chi connectivity index (χ3n) is 3.26. The van der Waals surface area contributed by atoms with Crippen LogP contribution in [-0.2, 0) is 4.79 Å². The van der Waals surface area contributed by atoms with Gasteiger partial charge in [0.25, 0.3) is 5.91 Å². The smallest absolute Gasteiger partial charge is 0.251 e. The van der Waals surface area contributed by atoms with Gasteiger partial charge in [-0.25, -0.2) is 4.39 Å². The Morgan fingerprint density at radius 3 is 2.53 bits per heavy atom. The second-order valence-electron chi connectivity index (χ2n) is 4.70. The Bertz CT molecular complexity index is 471. The van der Waals surface area contributed by atoms with Gasteiger partial charge in [0.1, 0.15) is 11.9 Å². The molecule has 1 heterocycles. The molecule has 1 unspecified atom stereocenters. The van der Waals surface area contributed by atoms with Gasteiger partial charge in [-0.05, 0) is 25.1 Å². The van der Waals surface area contributed by atoms with Crippen molar-refractivity contribution < 1.29 is 14.3 Å². The Morgan fingerprint density at radius 2 is 2.00 bits per heavy atom. The molecule has 0 radical (unpaired) electrons. The fourth-order valence-corrected chi connectivity index (χ4v) is 2.21. The number of amides is 1. The molecule has 6 heteroatoms. The van der Waals surface area contributed by atoms with Crippen LogP contribution in [0, 0.1) is 5.82 Å². The Hall–Kier alpha value is -1.82. The van der Waals surface area contributed by atoms with E-state index in [9.17, 15) is 14.3 Å². The third kappa shape index (κ3) is 2.96. The van der Waals surface area contributed by atoms with Gasteiger partial charge in [-0.15, -0.1) is 0 Å². The van der Waals surface area contributed by atoms with Crippen LogP contribution in [0.4, 0.5) is 15.8 Å². The van der Waals surface area contributed by atoms with E-state index in [2.05, 4.69) is 0 Å². The number of aliphatic hydroxyl groups excluding tert-OH is 1. The molecule has 1 fully saturated rings. The summed E-state index contributed by atoms with van der Waals surface area (Å²) in [5, 5.41) is 9.25. The molecule has 1 aromatic carbocycles. The molecule has 1 aliphatic heterocycles. The minimum atomic E-state index is -0.986. The largest absolute Gasteiger partial charge is 0.399 e. The van der Waals surface area contributed by atoms with Crippen molar-refractivity contribution in [3.63, 3.8) is 0 Å². The van der Waals surface area contributed by atoms with Crippen molar-refractivity contribution in [2.45, 2.75) is 13.0 Å². The highest BCUT2D eigenvalue weighted by atomic mass is 19.1. The number of nitrogen functional groups attached to an aromatic ring is 1. The Kier molecular flexibility index (Phi) is 3.90. The lowest BCUT2D eigenvalue weighted by Crippen LogP contribution is -2.51. The van der Waals surface area contributed by atoms with Crippen molar-refractivity contribution in [1.82, 2.24) is 4.90 Å². The highest BCUT2D eigenvalue weighted by Crippen LogP contribution is 2.22. The van der Waals surface area contributed by atoms with Gasteiger partial charge in [0, 0.05) is 31.9 Å². The molecule has 1 atom stereocenters. The summed E-state index contributed by atoms with van der Waals surface area (Å²) in [4.78, 5) is 15.1. The highest BCUT2D eigenvalue weighted by molar-refractivity contribution is 5.80. The first kappa shape index (κ1) is 13.6. The van der Waals surface area contributed by atoms with Crippen LogP contribution in [-0.4, -0.2) is 48.2 Å². The van der Waals surface area contributed by atoms with Crippen molar-refractivity contribution >= 4 is 17.3 Å². The van der Waals surface area contributed by atoms with Crippen molar-refractivity contribution in [3.8, 4) is 0 Å². The van der Waals surface area contributed by atoms with Crippen LogP contribution in [0.25, 0.3) is 0 Å². The second-order valence-corrected chi connectivity index (χ2v) is 4.70. The van der Waals surface area contributed by atoms with Gasteiger partial charge in [0.15, 0.2) is 0 Å². The maximum absolute atomic E-state index is 13.8. The van der Waals surface area contributed by atoms with E-state index in [1.807, 2.05) is 4.90 Å². The summed E-state index contributed by atoms with van der Waals surface area (Å²) < 4.78 is 13.8. The van der Waals surface area contributed by atoms with Crippen molar-refractivity contribution in [3.05, 3.63) is 24.0 Å². The number of nitrogens with two attached hydrogens (primary N) is 1. The van der Waals surface area contributed by atoms with Gasteiger partial charge in [-0.2, -0.15) is 0 Å². The number of carbonyl (C=O) groups is 1. The number of rotatable bonds is 2. The molecule has 0 saturated carbocycles. The zero-order valence-electron chi connectivity index (χ0n) is 10.8. The molecular formula is C13H18FN3O2. The van der Waals surface area contributed by atoms with Crippen molar-refractivity contribution in [1.29, 1.82) is 0 Å². The van der Waals surface area contributed by atoms with E-state index in [1.54, 1.807) is 17.0 Å². The van der Waals surface area contributed by atoms with Crippen LogP contribution in [0.2, 0.25) is 0 Å². The number of piperazine rings is 1. The van der Waals surface area contributed by atoms with Gasteiger partial charge in [-0.1, -0.05) is 0 Å². The quantitative estimate of drug-likeness (QED) is 0.763. The molecule has 2 rings (SSSR count). The molecular weight excluding hydrogens is 249 g/mol. The molecule has 1 aliphatic rings. The molecule has 0 aliphatic carbocycles. The van der Waals surface area contributed by atoms with Crippen LogP contribution >= 0.6 is 0 Å². The normalized spacial score (nSPS) is 17.4. The first-order valence-corrected chi connectivity index (χ1v) is 6.26. The lowest BCUT2D eigenvalue weighted by atomic mass is 10.2. The fraction of sp³-hybridized carbons (Fsp3) is 0.462. The average Bonchev–Trinajstić information content (AvgIpc) is 2.38. The van der Waals surface area contributed by atoms with Crippen LogP contribution in [0.15, 0.2) is 18.2 Å².